The van der Waals surface area contributed by atoms with Crippen LogP contribution >= 0.6 is 0 Å². The maximum absolute atomic E-state index is 12.1. The molecule has 0 atom stereocenters. The fourth-order valence-electron chi connectivity index (χ4n) is 2.39. The van der Waals surface area contributed by atoms with Crippen molar-refractivity contribution in [2.45, 2.75) is 0 Å². The lowest BCUT2D eigenvalue weighted by molar-refractivity contribution is 1.12. The van der Waals surface area contributed by atoms with E-state index in [1.165, 1.54) is 0 Å². The van der Waals surface area contributed by atoms with Crippen molar-refractivity contribution in [2.24, 2.45) is 0 Å². The molecule has 0 radical (unpaired) electrons. The Labute approximate surface area is 113 Å². The molecule has 0 aliphatic carbocycles. The first kappa shape index (κ1) is 10.9. The van der Waals surface area contributed by atoms with Gasteiger partial charge in [0.15, 0.2) is 0 Å². The number of para-hydroxylation sites is 1. The average Bonchev–Trinajstić information content (AvgIpc) is 2.95. The Balaban J connectivity index is 2.08. The molecule has 4 aromatic rings. The van der Waals surface area contributed by atoms with E-state index in [1.54, 1.807) is 12.3 Å². The van der Waals surface area contributed by atoms with Gasteiger partial charge < -0.3 is 4.98 Å². The summed E-state index contributed by atoms with van der Waals surface area (Å²) in [6.07, 6.45) is 1.74. The summed E-state index contributed by atoms with van der Waals surface area (Å²) in [7, 11) is 0. The molecule has 0 aliphatic rings. The van der Waals surface area contributed by atoms with Crippen LogP contribution in [0, 0.1) is 0 Å². The molecule has 4 rings (SSSR count). The van der Waals surface area contributed by atoms with Gasteiger partial charge in [0, 0.05) is 10.9 Å². The summed E-state index contributed by atoms with van der Waals surface area (Å²) in [6.45, 7) is 0. The molecule has 0 spiro atoms. The Kier molecular flexibility index (Phi) is 2.20. The van der Waals surface area contributed by atoms with Gasteiger partial charge in [-0.3, -0.25) is 9.89 Å². The van der Waals surface area contributed by atoms with E-state index in [2.05, 4.69) is 20.2 Å². The van der Waals surface area contributed by atoms with Gasteiger partial charge in [0.25, 0.3) is 5.56 Å². The third-order valence-corrected chi connectivity index (χ3v) is 3.35. The third kappa shape index (κ3) is 1.53. The van der Waals surface area contributed by atoms with Gasteiger partial charge in [0.05, 0.1) is 22.6 Å². The predicted octanol–water partition coefficient (Wildman–Crippen LogP) is 2.47. The number of H-pyrrole nitrogens is 2. The molecule has 2 aromatic carbocycles. The van der Waals surface area contributed by atoms with E-state index in [1.807, 2.05) is 36.4 Å². The van der Waals surface area contributed by atoms with Gasteiger partial charge in [0.2, 0.25) is 0 Å². The highest BCUT2D eigenvalue weighted by Crippen LogP contribution is 2.24. The molecular weight excluding hydrogens is 252 g/mol. The molecule has 2 heterocycles. The van der Waals surface area contributed by atoms with Crippen molar-refractivity contribution in [1.82, 2.24) is 20.2 Å². The van der Waals surface area contributed by atoms with Crippen LogP contribution < -0.4 is 5.56 Å². The summed E-state index contributed by atoms with van der Waals surface area (Å²) in [5.41, 5.74) is 2.33. The van der Waals surface area contributed by atoms with Gasteiger partial charge in [-0.05, 0) is 18.2 Å². The molecule has 0 saturated heterocycles. The van der Waals surface area contributed by atoms with Gasteiger partial charge in [-0.1, -0.05) is 24.3 Å². The summed E-state index contributed by atoms with van der Waals surface area (Å²) in [5.74, 6) is 0.556. The van der Waals surface area contributed by atoms with Crippen LogP contribution in [0.15, 0.2) is 53.5 Å². The SMILES string of the molecule is O=c1[nH]c(-c2cccc3[nH]ncc23)nc2ccccc12. The van der Waals surface area contributed by atoms with Gasteiger partial charge in [-0.15, -0.1) is 0 Å². The minimum Gasteiger partial charge on any atom is -0.306 e. The monoisotopic (exact) mass is 262 g/mol. The zero-order valence-corrected chi connectivity index (χ0v) is 10.4. The lowest BCUT2D eigenvalue weighted by Gasteiger charge is -2.04. The lowest BCUT2D eigenvalue weighted by Crippen LogP contribution is -2.09. The second-order valence-corrected chi connectivity index (χ2v) is 4.57. The fraction of sp³-hybridized carbons (Fsp3) is 0. The molecule has 0 aliphatic heterocycles. The highest BCUT2D eigenvalue weighted by Gasteiger charge is 2.09. The number of hydrogen-bond donors (Lipinski definition) is 2. The number of hydrogen-bond acceptors (Lipinski definition) is 3. The number of rotatable bonds is 1. The summed E-state index contributed by atoms with van der Waals surface area (Å²) in [5, 5.41) is 8.47. The van der Waals surface area contributed by atoms with Crippen molar-refractivity contribution >= 4 is 21.8 Å². The van der Waals surface area contributed by atoms with Crippen LogP contribution in [-0.4, -0.2) is 20.2 Å². The Hall–Kier alpha value is -2.95. The quantitative estimate of drug-likeness (QED) is 0.553. The smallest absolute Gasteiger partial charge is 0.259 e. The lowest BCUT2D eigenvalue weighted by atomic mass is 10.1. The zero-order chi connectivity index (χ0) is 13.5. The van der Waals surface area contributed by atoms with E-state index in [0.717, 1.165) is 16.5 Å². The topological polar surface area (TPSA) is 74.4 Å². The van der Waals surface area contributed by atoms with Gasteiger partial charge >= 0.3 is 0 Å². The molecule has 0 fully saturated rings. The van der Waals surface area contributed by atoms with E-state index in [0.29, 0.717) is 16.7 Å². The third-order valence-electron chi connectivity index (χ3n) is 3.35. The second-order valence-electron chi connectivity index (χ2n) is 4.57. The van der Waals surface area contributed by atoms with Crippen LogP contribution in [0.25, 0.3) is 33.2 Å². The number of fused-ring (bicyclic) bond motifs is 2. The van der Waals surface area contributed by atoms with Crippen LogP contribution in [-0.2, 0) is 0 Å². The largest absolute Gasteiger partial charge is 0.306 e. The Morgan fingerprint density at radius 3 is 2.80 bits per heavy atom. The summed E-state index contributed by atoms with van der Waals surface area (Å²) >= 11 is 0. The van der Waals surface area contributed by atoms with E-state index >= 15 is 0 Å². The van der Waals surface area contributed by atoms with Crippen molar-refractivity contribution in [3.05, 3.63) is 59.0 Å². The maximum atomic E-state index is 12.1. The number of benzene rings is 2. The van der Waals surface area contributed by atoms with Crippen molar-refractivity contribution in [1.29, 1.82) is 0 Å². The summed E-state index contributed by atoms with van der Waals surface area (Å²) < 4.78 is 0. The number of aromatic nitrogens is 4. The normalized spacial score (nSPS) is 11.2. The first-order valence-electron chi connectivity index (χ1n) is 6.24. The minimum absolute atomic E-state index is 0.133. The predicted molar refractivity (Wildman–Crippen MR) is 77.5 cm³/mol. The number of aromatic amines is 2. The maximum Gasteiger partial charge on any atom is 0.259 e. The molecule has 5 nitrogen and oxygen atoms in total. The van der Waals surface area contributed by atoms with Crippen molar-refractivity contribution in [2.75, 3.05) is 0 Å². The van der Waals surface area contributed by atoms with E-state index < -0.39 is 0 Å². The molecule has 0 amide bonds. The Morgan fingerprint density at radius 2 is 1.85 bits per heavy atom. The van der Waals surface area contributed by atoms with Crippen LogP contribution in [0.3, 0.4) is 0 Å². The molecular formula is C15H10N4O. The number of nitrogens with zero attached hydrogens (tertiary/aromatic N) is 2. The average molecular weight is 262 g/mol. The van der Waals surface area contributed by atoms with Crippen molar-refractivity contribution in [3.63, 3.8) is 0 Å². The second kappa shape index (κ2) is 4.03. The van der Waals surface area contributed by atoms with E-state index in [4.69, 9.17) is 0 Å². The fourth-order valence-corrected chi connectivity index (χ4v) is 2.39. The molecule has 2 N–H and O–H groups in total. The summed E-state index contributed by atoms with van der Waals surface area (Å²) in [6, 6.07) is 13.1. The molecule has 20 heavy (non-hydrogen) atoms. The minimum atomic E-state index is -0.133. The van der Waals surface area contributed by atoms with Gasteiger partial charge in [-0.2, -0.15) is 5.10 Å². The first-order chi connectivity index (χ1) is 9.83. The van der Waals surface area contributed by atoms with Crippen molar-refractivity contribution in [3.8, 4) is 11.4 Å². The van der Waals surface area contributed by atoms with Crippen LogP contribution in [0.4, 0.5) is 0 Å². The van der Waals surface area contributed by atoms with Crippen molar-refractivity contribution < 1.29 is 0 Å². The van der Waals surface area contributed by atoms with Crippen LogP contribution in [0.5, 0.6) is 0 Å². The molecule has 0 unspecified atom stereocenters. The molecule has 0 bridgehead atoms. The summed E-state index contributed by atoms with van der Waals surface area (Å²) in [4.78, 5) is 19.5. The standard InChI is InChI=1S/C15H10N4O/c20-15-10-4-1-2-6-12(10)17-14(18-15)9-5-3-7-13-11(9)8-16-19-13/h1-8H,(H,16,19)(H,17,18,20). The van der Waals surface area contributed by atoms with Crippen LogP contribution in [0.1, 0.15) is 0 Å². The molecule has 96 valence electrons. The molecule has 0 saturated carbocycles. The highest BCUT2D eigenvalue weighted by atomic mass is 16.1. The molecule has 5 heteroatoms. The Bertz CT molecular complexity index is 984. The van der Waals surface area contributed by atoms with Crippen LogP contribution in [0.2, 0.25) is 0 Å². The first-order valence-corrected chi connectivity index (χ1v) is 6.24. The zero-order valence-electron chi connectivity index (χ0n) is 10.4. The number of nitrogens with one attached hydrogen (secondary N) is 2. The Morgan fingerprint density at radius 1 is 0.950 bits per heavy atom. The van der Waals surface area contributed by atoms with E-state index in [-0.39, 0.29) is 5.56 Å². The highest BCUT2D eigenvalue weighted by molar-refractivity contribution is 5.93. The van der Waals surface area contributed by atoms with Gasteiger partial charge in [-0.25, -0.2) is 4.98 Å². The van der Waals surface area contributed by atoms with Gasteiger partial charge in [0.1, 0.15) is 5.82 Å². The van der Waals surface area contributed by atoms with E-state index in [9.17, 15) is 4.79 Å². The molecule has 2 aromatic heterocycles.